The zero-order chi connectivity index (χ0) is 22.3. The van der Waals surface area contributed by atoms with Crippen molar-refractivity contribution >= 4 is 23.0 Å². The fourth-order valence-corrected chi connectivity index (χ4v) is 3.66. The molecule has 1 aromatic carbocycles. The van der Waals surface area contributed by atoms with Gasteiger partial charge in [-0.3, -0.25) is 4.79 Å². The molecule has 4 rings (SSSR count). The number of carbonyl (C=O) groups is 1. The Morgan fingerprint density at radius 1 is 1.19 bits per heavy atom. The minimum atomic E-state index is -1.54. The number of hydrogen-bond donors (Lipinski definition) is 2. The van der Waals surface area contributed by atoms with Crippen molar-refractivity contribution in [2.75, 3.05) is 20.1 Å². The highest BCUT2D eigenvalue weighted by Crippen LogP contribution is 2.26. The number of rotatable bonds is 3. The smallest absolute Gasteiger partial charge is 0.274 e. The molecule has 1 fully saturated rings. The van der Waals surface area contributed by atoms with Crippen LogP contribution in [0.3, 0.4) is 0 Å². The van der Waals surface area contributed by atoms with E-state index in [2.05, 4.69) is 15.4 Å². The lowest BCUT2D eigenvalue weighted by Crippen LogP contribution is -2.42. The second-order valence-corrected chi connectivity index (χ2v) is 7.22. The average Bonchev–Trinajstić information content (AvgIpc) is 3.12. The summed E-state index contributed by atoms with van der Waals surface area (Å²) in [5, 5.41) is 15.5. The van der Waals surface area contributed by atoms with Gasteiger partial charge in [-0.05, 0) is 37.6 Å². The standard InChI is InChI=1S/C21H19F3N6O/c1-11-9-30-18(27-11)4-3-17(28-30)21(31)29-6-5-13(16(25)10-29)20(26-2)12-7-14(22)19(24)15(23)8-12/h3-4,7-9,25-26H,5-6,10H2,1-2H3/b20-13-,25-16?. The number of amides is 1. The predicted octanol–water partition coefficient (Wildman–Crippen LogP) is 2.95. The van der Waals surface area contributed by atoms with E-state index in [0.717, 1.165) is 17.8 Å². The molecule has 2 N–H and O–H groups in total. The molecule has 0 saturated carbocycles. The Morgan fingerprint density at radius 2 is 1.90 bits per heavy atom. The third-order valence-corrected chi connectivity index (χ3v) is 5.12. The van der Waals surface area contributed by atoms with E-state index in [4.69, 9.17) is 5.41 Å². The van der Waals surface area contributed by atoms with Gasteiger partial charge in [-0.15, -0.1) is 0 Å². The van der Waals surface area contributed by atoms with Crippen LogP contribution in [0, 0.1) is 29.8 Å². The number of nitrogens with one attached hydrogen (secondary N) is 2. The lowest BCUT2D eigenvalue weighted by Gasteiger charge is -2.30. The summed E-state index contributed by atoms with van der Waals surface area (Å²) in [6.07, 6.45) is 2.00. The van der Waals surface area contributed by atoms with E-state index in [-0.39, 0.29) is 42.4 Å². The van der Waals surface area contributed by atoms with Gasteiger partial charge in [-0.2, -0.15) is 5.10 Å². The maximum Gasteiger partial charge on any atom is 0.274 e. The minimum absolute atomic E-state index is 0.00811. The summed E-state index contributed by atoms with van der Waals surface area (Å²) >= 11 is 0. The average molecular weight is 428 g/mol. The number of halogens is 3. The maximum atomic E-state index is 13.7. The van der Waals surface area contributed by atoms with Crippen LogP contribution in [0.1, 0.15) is 28.2 Å². The molecule has 7 nitrogen and oxygen atoms in total. The number of aryl methyl sites for hydroxylation is 1. The Hall–Kier alpha value is -3.69. The third-order valence-electron chi connectivity index (χ3n) is 5.12. The van der Waals surface area contributed by atoms with E-state index in [9.17, 15) is 18.0 Å². The van der Waals surface area contributed by atoms with Gasteiger partial charge in [-0.1, -0.05) is 0 Å². The molecule has 0 unspecified atom stereocenters. The first-order valence-electron chi connectivity index (χ1n) is 9.54. The molecule has 31 heavy (non-hydrogen) atoms. The first-order valence-corrected chi connectivity index (χ1v) is 9.54. The van der Waals surface area contributed by atoms with Gasteiger partial charge < -0.3 is 15.6 Å². The monoisotopic (exact) mass is 428 g/mol. The number of hydrogen-bond acceptors (Lipinski definition) is 5. The second-order valence-electron chi connectivity index (χ2n) is 7.22. The van der Waals surface area contributed by atoms with Gasteiger partial charge in [0.05, 0.1) is 24.1 Å². The molecule has 0 spiro atoms. The summed E-state index contributed by atoms with van der Waals surface area (Å²) in [5.41, 5.74) is 2.67. The molecular weight excluding hydrogens is 409 g/mol. The molecule has 1 aliphatic heterocycles. The quantitative estimate of drug-likeness (QED) is 0.628. The zero-order valence-corrected chi connectivity index (χ0v) is 16.8. The van der Waals surface area contributed by atoms with Crippen LogP contribution in [0.5, 0.6) is 0 Å². The van der Waals surface area contributed by atoms with Gasteiger partial charge in [-0.25, -0.2) is 22.7 Å². The van der Waals surface area contributed by atoms with Crippen molar-refractivity contribution < 1.29 is 18.0 Å². The van der Waals surface area contributed by atoms with Crippen molar-refractivity contribution in [1.82, 2.24) is 24.8 Å². The summed E-state index contributed by atoms with van der Waals surface area (Å²) in [6, 6.07) is 5.05. The van der Waals surface area contributed by atoms with Crippen LogP contribution >= 0.6 is 0 Å². The van der Waals surface area contributed by atoms with Crippen molar-refractivity contribution in [3.63, 3.8) is 0 Å². The van der Waals surface area contributed by atoms with Crippen LogP contribution in [0.25, 0.3) is 11.3 Å². The highest BCUT2D eigenvalue weighted by molar-refractivity contribution is 6.08. The fraction of sp³-hybridized carbons (Fsp3) is 0.238. The van der Waals surface area contributed by atoms with Crippen molar-refractivity contribution in [1.29, 1.82) is 5.41 Å². The van der Waals surface area contributed by atoms with Gasteiger partial charge in [0, 0.05) is 30.4 Å². The number of benzene rings is 1. The van der Waals surface area contributed by atoms with E-state index >= 15 is 0 Å². The number of imidazole rings is 1. The molecule has 0 aliphatic carbocycles. The van der Waals surface area contributed by atoms with E-state index in [1.54, 1.807) is 25.4 Å². The van der Waals surface area contributed by atoms with Crippen molar-refractivity contribution in [3.8, 4) is 0 Å². The normalized spacial score (nSPS) is 16.0. The first-order chi connectivity index (χ1) is 14.8. The number of carbonyl (C=O) groups excluding carboxylic acids is 1. The predicted molar refractivity (Wildman–Crippen MR) is 108 cm³/mol. The molecule has 10 heteroatoms. The van der Waals surface area contributed by atoms with Crippen molar-refractivity contribution in [3.05, 3.63) is 70.4 Å². The van der Waals surface area contributed by atoms with E-state index in [1.165, 1.54) is 9.42 Å². The molecule has 3 heterocycles. The topological polar surface area (TPSA) is 86.4 Å². The summed E-state index contributed by atoms with van der Waals surface area (Å²) in [7, 11) is 1.55. The Kier molecular flexibility index (Phi) is 5.22. The minimum Gasteiger partial charge on any atom is -0.387 e. The van der Waals surface area contributed by atoms with Crippen LogP contribution in [0.2, 0.25) is 0 Å². The van der Waals surface area contributed by atoms with Crippen LogP contribution in [-0.2, 0) is 0 Å². The molecule has 0 radical (unpaired) electrons. The fourth-order valence-electron chi connectivity index (χ4n) is 3.66. The van der Waals surface area contributed by atoms with Crippen LogP contribution in [-0.4, -0.2) is 51.3 Å². The zero-order valence-electron chi connectivity index (χ0n) is 16.8. The molecule has 2 aromatic heterocycles. The number of piperidine rings is 1. The van der Waals surface area contributed by atoms with Crippen molar-refractivity contribution in [2.45, 2.75) is 13.3 Å². The maximum absolute atomic E-state index is 13.7. The summed E-state index contributed by atoms with van der Waals surface area (Å²) in [5.74, 6) is -4.49. The van der Waals surface area contributed by atoms with Gasteiger partial charge >= 0.3 is 0 Å². The number of fused-ring (bicyclic) bond motifs is 1. The lowest BCUT2D eigenvalue weighted by atomic mass is 9.95. The van der Waals surface area contributed by atoms with Gasteiger partial charge in [0.2, 0.25) is 0 Å². The van der Waals surface area contributed by atoms with E-state index < -0.39 is 17.5 Å². The lowest BCUT2D eigenvalue weighted by molar-refractivity contribution is 0.0768. The van der Waals surface area contributed by atoms with E-state index in [0.29, 0.717) is 16.9 Å². The second kappa shape index (κ2) is 7.86. The number of nitrogens with zero attached hydrogens (tertiary/aromatic N) is 4. The molecular formula is C21H19F3N6O. The molecule has 3 aromatic rings. The Bertz CT molecular complexity index is 1230. The molecule has 1 amide bonds. The number of likely N-dealkylation sites (tertiary alicyclic amines) is 1. The van der Waals surface area contributed by atoms with E-state index in [1.807, 2.05) is 6.92 Å². The summed E-state index contributed by atoms with van der Waals surface area (Å²) < 4.78 is 42.2. The third kappa shape index (κ3) is 3.76. The van der Waals surface area contributed by atoms with Crippen LogP contribution < -0.4 is 5.32 Å². The first kappa shape index (κ1) is 20.6. The highest BCUT2D eigenvalue weighted by Gasteiger charge is 2.27. The number of aromatic nitrogens is 3. The highest BCUT2D eigenvalue weighted by atomic mass is 19.2. The Labute approximate surface area is 175 Å². The largest absolute Gasteiger partial charge is 0.387 e. The van der Waals surface area contributed by atoms with Gasteiger partial charge in [0.25, 0.3) is 5.91 Å². The van der Waals surface area contributed by atoms with Crippen molar-refractivity contribution in [2.24, 2.45) is 0 Å². The molecule has 0 atom stereocenters. The van der Waals surface area contributed by atoms with Crippen LogP contribution in [0.4, 0.5) is 13.2 Å². The molecule has 1 aliphatic rings. The summed E-state index contributed by atoms with van der Waals surface area (Å²) in [4.78, 5) is 18.7. The SMILES string of the molecule is CN/C(=C1/CCN(C(=O)c2ccc3nc(C)cn3n2)CC1=N)c1cc(F)c(F)c(F)c1. The van der Waals surface area contributed by atoms with Gasteiger partial charge in [0.15, 0.2) is 23.1 Å². The van der Waals surface area contributed by atoms with Gasteiger partial charge in [0.1, 0.15) is 5.69 Å². The molecule has 0 bridgehead atoms. The Morgan fingerprint density at radius 3 is 2.55 bits per heavy atom. The summed E-state index contributed by atoms with van der Waals surface area (Å²) in [6.45, 7) is 2.12. The molecule has 160 valence electrons. The Balaban J connectivity index is 1.59. The van der Waals surface area contributed by atoms with Crippen LogP contribution in [0.15, 0.2) is 36.0 Å². The molecule has 1 saturated heterocycles.